The predicted molar refractivity (Wildman–Crippen MR) is 68.5 cm³/mol. The summed E-state index contributed by atoms with van der Waals surface area (Å²) >= 11 is 0. The maximum Gasteiger partial charge on any atom is 0.337 e. The smallest absolute Gasteiger partial charge is 0.337 e. The van der Waals surface area contributed by atoms with Gasteiger partial charge in [0.05, 0.1) is 5.56 Å². The highest BCUT2D eigenvalue weighted by atomic mass is 16.4. The molecule has 0 unspecified atom stereocenters. The van der Waals surface area contributed by atoms with Crippen molar-refractivity contribution in [3.63, 3.8) is 0 Å². The Kier molecular flexibility index (Phi) is 2.73. The number of carboxylic acid groups (broad SMARTS) is 1. The summed E-state index contributed by atoms with van der Waals surface area (Å²) in [4.78, 5) is 13.3. The molecule has 0 aromatic heterocycles. The predicted octanol–water partition coefficient (Wildman–Crippen LogP) is 2.35. The van der Waals surface area contributed by atoms with E-state index in [1.807, 2.05) is 6.07 Å². The molecule has 1 saturated heterocycles. The number of nitrogens with two attached hydrogens (primary N) is 1. The molecule has 3 N–H and O–H groups in total. The van der Waals surface area contributed by atoms with Crippen LogP contribution in [-0.2, 0) is 0 Å². The second-order valence-corrected chi connectivity index (χ2v) is 5.14. The van der Waals surface area contributed by atoms with E-state index >= 15 is 0 Å². The average Bonchev–Trinajstić information content (AvgIpc) is 2.58. The monoisotopic (exact) mass is 234 g/mol. The Bertz CT molecular complexity index is 455. The van der Waals surface area contributed by atoms with E-state index in [2.05, 4.69) is 18.7 Å². The van der Waals surface area contributed by atoms with E-state index in [4.69, 9.17) is 10.8 Å². The number of hydrogen-bond donors (Lipinski definition) is 2. The summed E-state index contributed by atoms with van der Waals surface area (Å²) in [6.07, 6.45) is 2.26. The molecule has 0 bridgehead atoms. The zero-order chi connectivity index (χ0) is 12.6. The molecular weight excluding hydrogens is 216 g/mol. The largest absolute Gasteiger partial charge is 0.478 e. The Balaban J connectivity index is 2.40. The van der Waals surface area contributed by atoms with E-state index in [1.165, 1.54) is 0 Å². The fourth-order valence-corrected chi connectivity index (χ4v) is 2.48. The molecule has 17 heavy (non-hydrogen) atoms. The number of rotatable bonds is 2. The molecule has 0 atom stereocenters. The molecule has 92 valence electrons. The van der Waals surface area contributed by atoms with E-state index in [9.17, 15) is 4.79 Å². The highest BCUT2D eigenvalue weighted by molar-refractivity contribution is 5.94. The second kappa shape index (κ2) is 3.95. The van der Waals surface area contributed by atoms with Crippen molar-refractivity contribution in [3.05, 3.63) is 23.8 Å². The van der Waals surface area contributed by atoms with Gasteiger partial charge in [-0.1, -0.05) is 0 Å². The van der Waals surface area contributed by atoms with E-state index in [-0.39, 0.29) is 11.1 Å². The van der Waals surface area contributed by atoms with Gasteiger partial charge in [0.2, 0.25) is 0 Å². The lowest BCUT2D eigenvalue weighted by Crippen LogP contribution is -2.38. The minimum atomic E-state index is -0.971. The Hall–Kier alpha value is -1.71. The normalized spacial score (nSPS) is 18.4. The summed E-state index contributed by atoms with van der Waals surface area (Å²) in [6, 6.07) is 5.24. The fraction of sp³-hybridized carbons (Fsp3) is 0.462. The lowest BCUT2D eigenvalue weighted by molar-refractivity contribution is 0.0698. The van der Waals surface area contributed by atoms with Crippen LogP contribution in [0.5, 0.6) is 0 Å². The Morgan fingerprint density at radius 3 is 2.71 bits per heavy atom. The van der Waals surface area contributed by atoms with Crippen LogP contribution in [0.15, 0.2) is 18.2 Å². The van der Waals surface area contributed by atoms with Crippen molar-refractivity contribution < 1.29 is 9.90 Å². The van der Waals surface area contributed by atoms with Gasteiger partial charge in [0.1, 0.15) is 0 Å². The molecule has 1 aliphatic heterocycles. The quantitative estimate of drug-likeness (QED) is 0.771. The summed E-state index contributed by atoms with van der Waals surface area (Å²) in [6.45, 7) is 5.32. The summed E-state index contributed by atoms with van der Waals surface area (Å²) in [5, 5.41) is 9.06. The number of nitrogen functional groups attached to an aromatic ring is 1. The molecule has 0 saturated carbocycles. The van der Waals surface area contributed by atoms with E-state index in [1.54, 1.807) is 12.1 Å². The van der Waals surface area contributed by atoms with Crippen LogP contribution in [0.2, 0.25) is 0 Å². The van der Waals surface area contributed by atoms with Crippen LogP contribution >= 0.6 is 0 Å². The number of hydrogen-bond acceptors (Lipinski definition) is 3. The maximum absolute atomic E-state index is 11.1. The molecule has 4 nitrogen and oxygen atoms in total. The maximum atomic E-state index is 11.1. The molecule has 4 heteroatoms. The van der Waals surface area contributed by atoms with Crippen LogP contribution in [0.1, 0.15) is 37.0 Å². The SMILES string of the molecule is CC1(C)CCCN1c1ccc(N)c(C(=O)O)c1. The van der Waals surface area contributed by atoms with E-state index < -0.39 is 5.97 Å². The fourth-order valence-electron chi connectivity index (χ4n) is 2.48. The van der Waals surface area contributed by atoms with E-state index in [0.717, 1.165) is 25.1 Å². The van der Waals surface area contributed by atoms with Crippen LogP contribution in [0.4, 0.5) is 11.4 Å². The molecular formula is C13H18N2O2. The van der Waals surface area contributed by atoms with Crippen molar-refractivity contribution in [2.24, 2.45) is 0 Å². The number of carbonyl (C=O) groups is 1. The van der Waals surface area contributed by atoms with Gasteiger partial charge in [-0.3, -0.25) is 0 Å². The molecule has 0 aliphatic carbocycles. The van der Waals surface area contributed by atoms with Crippen molar-refractivity contribution in [1.29, 1.82) is 0 Å². The van der Waals surface area contributed by atoms with Crippen LogP contribution in [0.3, 0.4) is 0 Å². The van der Waals surface area contributed by atoms with Gasteiger partial charge in [-0.15, -0.1) is 0 Å². The van der Waals surface area contributed by atoms with Gasteiger partial charge in [0, 0.05) is 23.5 Å². The average molecular weight is 234 g/mol. The van der Waals surface area contributed by atoms with Gasteiger partial charge in [0.15, 0.2) is 0 Å². The third-order valence-electron chi connectivity index (χ3n) is 3.48. The highest BCUT2D eigenvalue weighted by Gasteiger charge is 2.32. The van der Waals surface area contributed by atoms with Gasteiger partial charge >= 0.3 is 5.97 Å². The summed E-state index contributed by atoms with van der Waals surface area (Å²) in [5.41, 5.74) is 7.19. The molecule has 1 aromatic rings. The van der Waals surface area contributed by atoms with Crippen molar-refractivity contribution in [3.8, 4) is 0 Å². The number of anilines is 2. The van der Waals surface area contributed by atoms with Crippen molar-refractivity contribution >= 4 is 17.3 Å². The summed E-state index contributed by atoms with van der Waals surface area (Å²) < 4.78 is 0. The van der Waals surface area contributed by atoms with Crippen LogP contribution in [0, 0.1) is 0 Å². The first-order chi connectivity index (χ1) is 7.92. The Morgan fingerprint density at radius 2 is 2.18 bits per heavy atom. The first-order valence-electron chi connectivity index (χ1n) is 5.82. The standard InChI is InChI=1S/C13H18N2O2/c1-13(2)6-3-7-15(13)9-4-5-11(14)10(8-9)12(16)17/h4-5,8H,3,6-7,14H2,1-2H3,(H,16,17). The topological polar surface area (TPSA) is 66.6 Å². The van der Waals surface area contributed by atoms with Crippen molar-refractivity contribution in [1.82, 2.24) is 0 Å². The molecule has 1 heterocycles. The third kappa shape index (κ3) is 2.07. The Morgan fingerprint density at radius 1 is 1.47 bits per heavy atom. The molecule has 1 aromatic carbocycles. The number of nitrogens with zero attached hydrogens (tertiary/aromatic N) is 1. The van der Waals surface area contributed by atoms with E-state index in [0.29, 0.717) is 5.69 Å². The first-order valence-corrected chi connectivity index (χ1v) is 5.82. The highest BCUT2D eigenvalue weighted by Crippen LogP contribution is 2.34. The van der Waals surface area contributed by atoms with Crippen molar-refractivity contribution in [2.45, 2.75) is 32.2 Å². The van der Waals surface area contributed by atoms with Crippen LogP contribution in [0.25, 0.3) is 0 Å². The lowest BCUT2D eigenvalue weighted by Gasteiger charge is -2.34. The molecule has 1 fully saturated rings. The van der Waals surface area contributed by atoms with Crippen LogP contribution < -0.4 is 10.6 Å². The van der Waals surface area contributed by atoms with Crippen molar-refractivity contribution in [2.75, 3.05) is 17.2 Å². The number of benzene rings is 1. The number of carboxylic acids is 1. The lowest BCUT2D eigenvalue weighted by atomic mass is 10.0. The summed E-state index contributed by atoms with van der Waals surface area (Å²) in [7, 11) is 0. The summed E-state index contributed by atoms with van der Waals surface area (Å²) in [5.74, 6) is -0.971. The van der Waals surface area contributed by atoms with Gasteiger partial charge in [-0.05, 0) is 44.9 Å². The number of aromatic carboxylic acids is 1. The van der Waals surface area contributed by atoms with Crippen LogP contribution in [-0.4, -0.2) is 23.2 Å². The molecule has 0 spiro atoms. The molecule has 1 aliphatic rings. The zero-order valence-corrected chi connectivity index (χ0v) is 10.2. The third-order valence-corrected chi connectivity index (χ3v) is 3.48. The Labute approximate surface area is 101 Å². The molecule has 2 rings (SSSR count). The molecule has 0 radical (unpaired) electrons. The minimum absolute atomic E-state index is 0.0892. The second-order valence-electron chi connectivity index (χ2n) is 5.14. The zero-order valence-electron chi connectivity index (χ0n) is 10.2. The van der Waals surface area contributed by atoms with Gasteiger partial charge < -0.3 is 15.7 Å². The minimum Gasteiger partial charge on any atom is -0.478 e. The van der Waals surface area contributed by atoms with Gasteiger partial charge in [-0.25, -0.2) is 4.79 Å². The van der Waals surface area contributed by atoms with Gasteiger partial charge in [0.25, 0.3) is 0 Å². The molecule has 0 amide bonds. The first kappa shape index (κ1) is 11.8. The van der Waals surface area contributed by atoms with Gasteiger partial charge in [-0.2, -0.15) is 0 Å².